The number of carboxylic acid groups (broad SMARTS) is 2. The number of para-hydroxylation sites is 1. The van der Waals surface area contributed by atoms with Crippen molar-refractivity contribution in [2.24, 2.45) is 0 Å². The van der Waals surface area contributed by atoms with Gasteiger partial charge in [-0.2, -0.15) is 0 Å². The van der Waals surface area contributed by atoms with Crippen LogP contribution in [0.25, 0.3) is 16.5 Å². The minimum absolute atomic E-state index is 0.0683. The van der Waals surface area contributed by atoms with Crippen LogP contribution in [-0.4, -0.2) is 27.3 Å². The van der Waals surface area contributed by atoms with Gasteiger partial charge in [-0.15, -0.1) is 0 Å². The molecule has 0 amide bonds. The molecule has 0 saturated heterocycles. The Labute approximate surface area is 111 Å². The van der Waals surface area contributed by atoms with E-state index in [1.54, 1.807) is 12.1 Å². The molecule has 0 aliphatic rings. The molecule has 0 radical (unpaired) electrons. The topological polar surface area (TPSA) is 125 Å². The Hall–Kier alpha value is -3.09. The molecular formula is C13H8O7. The van der Waals surface area contributed by atoms with E-state index in [2.05, 4.69) is 0 Å². The van der Waals surface area contributed by atoms with Gasteiger partial charge in [0, 0.05) is 6.08 Å². The first-order valence-corrected chi connectivity index (χ1v) is 5.35. The third-order valence-electron chi connectivity index (χ3n) is 2.55. The Balaban J connectivity index is 2.86. The molecule has 1 heterocycles. The van der Waals surface area contributed by atoms with Gasteiger partial charge in [0.05, 0.1) is 11.0 Å². The maximum absolute atomic E-state index is 11.8. The van der Waals surface area contributed by atoms with E-state index >= 15 is 0 Å². The maximum Gasteiger partial charge on any atom is 0.348 e. The number of aliphatic carboxylic acids is 2. The molecule has 0 saturated carbocycles. The van der Waals surface area contributed by atoms with E-state index in [0.717, 1.165) is 0 Å². The molecule has 0 fully saturated rings. The summed E-state index contributed by atoms with van der Waals surface area (Å²) in [5, 5.41) is 27.7. The standard InChI is InChI=1S/C13H8O7/c14-9(15)5-7(12(17)18)10-11(16)6-3-1-2-4-8(6)20-13(10)19/h1-5,16H,(H,14,15)(H,17,18)/b7-5+. The molecule has 0 spiro atoms. The SMILES string of the molecule is O=C(O)/C=C(/C(=O)O)c1c(O)c2ccccc2oc1=O. The van der Waals surface area contributed by atoms with Crippen molar-refractivity contribution in [2.75, 3.05) is 0 Å². The number of carbonyl (C=O) groups is 2. The zero-order valence-corrected chi connectivity index (χ0v) is 9.86. The van der Waals surface area contributed by atoms with E-state index in [0.29, 0.717) is 6.08 Å². The van der Waals surface area contributed by atoms with E-state index in [9.17, 15) is 19.5 Å². The zero-order valence-electron chi connectivity index (χ0n) is 9.86. The number of hydrogen-bond acceptors (Lipinski definition) is 5. The summed E-state index contributed by atoms with van der Waals surface area (Å²) in [4.78, 5) is 33.4. The van der Waals surface area contributed by atoms with Crippen molar-refractivity contribution < 1.29 is 29.3 Å². The summed E-state index contributed by atoms with van der Waals surface area (Å²) < 4.78 is 4.87. The van der Waals surface area contributed by atoms with Crippen LogP contribution < -0.4 is 5.63 Å². The van der Waals surface area contributed by atoms with Crippen LogP contribution in [0.1, 0.15) is 5.56 Å². The fraction of sp³-hybridized carbons (Fsp3) is 0. The molecule has 0 aliphatic carbocycles. The third-order valence-corrected chi connectivity index (χ3v) is 2.55. The number of rotatable bonds is 3. The third kappa shape index (κ3) is 2.24. The smallest absolute Gasteiger partial charge is 0.348 e. The second-order valence-electron chi connectivity index (χ2n) is 3.81. The summed E-state index contributed by atoms with van der Waals surface area (Å²) in [7, 11) is 0. The van der Waals surface area contributed by atoms with Crippen molar-refractivity contribution in [1.82, 2.24) is 0 Å². The Morgan fingerprint density at radius 1 is 1.15 bits per heavy atom. The molecule has 2 aromatic rings. The fourth-order valence-electron chi connectivity index (χ4n) is 1.74. The van der Waals surface area contributed by atoms with Gasteiger partial charge in [-0.25, -0.2) is 14.4 Å². The zero-order chi connectivity index (χ0) is 14.9. The molecule has 1 aromatic carbocycles. The second-order valence-corrected chi connectivity index (χ2v) is 3.81. The van der Waals surface area contributed by atoms with Gasteiger partial charge in [-0.05, 0) is 12.1 Å². The molecule has 0 aliphatic heterocycles. The number of fused-ring (bicyclic) bond motifs is 1. The van der Waals surface area contributed by atoms with Crippen LogP contribution in [0.15, 0.2) is 39.6 Å². The van der Waals surface area contributed by atoms with Crippen LogP contribution in [0.5, 0.6) is 5.75 Å². The Kier molecular flexibility index (Phi) is 3.26. The number of aromatic hydroxyl groups is 1. The first-order chi connectivity index (χ1) is 9.41. The minimum Gasteiger partial charge on any atom is -0.506 e. The highest BCUT2D eigenvalue weighted by Crippen LogP contribution is 2.30. The van der Waals surface area contributed by atoms with Gasteiger partial charge in [0.1, 0.15) is 16.9 Å². The summed E-state index contributed by atoms with van der Waals surface area (Å²) >= 11 is 0. The van der Waals surface area contributed by atoms with Crippen LogP contribution in [0.4, 0.5) is 0 Å². The normalized spacial score (nSPS) is 11.5. The van der Waals surface area contributed by atoms with Gasteiger partial charge in [0.25, 0.3) is 0 Å². The Morgan fingerprint density at radius 3 is 2.40 bits per heavy atom. The van der Waals surface area contributed by atoms with Crippen LogP contribution in [-0.2, 0) is 9.59 Å². The fourth-order valence-corrected chi connectivity index (χ4v) is 1.74. The highest BCUT2D eigenvalue weighted by atomic mass is 16.4. The lowest BCUT2D eigenvalue weighted by molar-refractivity contribution is -0.133. The number of benzene rings is 1. The lowest BCUT2D eigenvalue weighted by atomic mass is 10.0. The van der Waals surface area contributed by atoms with E-state index in [-0.39, 0.29) is 11.0 Å². The van der Waals surface area contributed by atoms with Crippen LogP contribution >= 0.6 is 0 Å². The summed E-state index contributed by atoms with van der Waals surface area (Å²) in [6.45, 7) is 0. The highest BCUT2D eigenvalue weighted by Gasteiger charge is 2.23. The van der Waals surface area contributed by atoms with Crippen molar-refractivity contribution in [3.63, 3.8) is 0 Å². The maximum atomic E-state index is 11.8. The molecule has 2 rings (SSSR count). The second kappa shape index (κ2) is 4.88. The van der Waals surface area contributed by atoms with Gasteiger partial charge in [-0.3, -0.25) is 0 Å². The van der Waals surface area contributed by atoms with Crippen LogP contribution in [0.3, 0.4) is 0 Å². The van der Waals surface area contributed by atoms with E-state index in [4.69, 9.17) is 14.6 Å². The van der Waals surface area contributed by atoms with Gasteiger partial charge < -0.3 is 19.7 Å². The van der Waals surface area contributed by atoms with Gasteiger partial charge >= 0.3 is 17.6 Å². The van der Waals surface area contributed by atoms with Gasteiger partial charge in [0.15, 0.2) is 0 Å². The largest absolute Gasteiger partial charge is 0.506 e. The molecule has 7 heteroatoms. The molecule has 0 atom stereocenters. The lowest BCUT2D eigenvalue weighted by Gasteiger charge is -2.06. The molecule has 3 N–H and O–H groups in total. The molecule has 0 unspecified atom stereocenters. The average molecular weight is 276 g/mol. The van der Waals surface area contributed by atoms with E-state index in [1.807, 2.05) is 0 Å². The van der Waals surface area contributed by atoms with Crippen molar-refractivity contribution in [3.05, 3.63) is 46.3 Å². The molecular weight excluding hydrogens is 268 g/mol. The predicted octanol–water partition coefficient (Wildman–Crippen LogP) is 1.05. The summed E-state index contributed by atoms with van der Waals surface area (Å²) in [5.74, 6) is -3.86. The number of carboxylic acids is 2. The predicted molar refractivity (Wildman–Crippen MR) is 67.4 cm³/mol. The molecule has 102 valence electrons. The molecule has 7 nitrogen and oxygen atoms in total. The van der Waals surface area contributed by atoms with Gasteiger partial charge in [0.2, 0.25) is 0 Å². The van der Waals surface area contributed by atoms with Crippen molar-refractivity contribution in [1.29, 1.82) is 0 Å². The number of hydrogen-bond donors (Lipinski definition) is 3. The Bertz CT molecular complexity index is 798. The van der Waals surface area contributed by atoms with Crippen molar-refractivity contribution in [2.45, 2.75) is 0 Å². The van der Waals surface area contributed by atoms with E-state index < -0.39 is 34.5 Å². The van der Waals surface area contributed by atoms with Crippen LogP contribution in [0, 0.1) is 0 Å². The monoisotopic (exact) mass is 276 g/mol. The molecule has 20 heavy (non-hydrogen) atoms. The summed E-state index contributed by atoms with van der Waals surface area (Å²) in [5.41, 5.74) is -2.61. The minimum atomic E-state index is -1.66. The molecule has 0 bridgehead atoms. The lowest BCUT2D eigenvalue weighted by Crippen LogP contribution is -2.13. The quantitative estimate of drug-likeness (QED) is 0.565. The van der Waals surface area contributed by atoms with Crippen molar-refractivity contribution >= 4 is 28.5 Å². The van der Waals surface area contributed by atoms with Crippen LogP contribution in [0.2, 0.25) is 0 Å². The van der Waals surface area contributed by atoms with E-state index in [1.165, 1.54) is 12.1 Å². The van der Waals surface area contributed by atoms with Crippen molar-refractivity contribution in [3.8, 4) is 5.75 Å². The first kappa shape index (κ1) is 13.3. The summed E-state index contributed by atoms with van der Waals surface area (Å²) in [6, 6.07) is 5.95. The average Bonchev–Trinajstić information content (AvgIpc) is 2.37. The highest BCUT2D eigenvalue weighted by molar-refractivity contribution is 6.20. The first-order valence-electron chi connectivity index (χ1n) is 5.35. The Morgan fingerprint density at radius 2 is 1.80 bits per heavy atom. The molecule has 1 aromatic heterocycles. The van der Waals surface area contributed by atoms with Gasteiger partial charge in [-0.1, -0.05) is 12.1 Å². The summed E-state index contributed by atoms with van der Waals surface area (Å²) in [6.07, 6.45) is 0.322.